The summed E-state index contributed by atoms with van der Waals surface area (Å²) in [4.78, 5) is 8.40. The van der Waals surface area contributed by atoms with Gasteiger partial charge in [0.1, 0.15) is 0 Å². The zero-order valence-corrected chi connectivity index (χ0v) is 6.71. The van der Waals surface area contributed by atoms with E-state index >= 15 is 0 Å². The largest absolute Gasteiger partial charge is 0.271 e. The van der Waals surface area contributed by atoms with E-state index in [0.717, 1.165) is 0 Å². The molecule has 0 amide bonds. The van der Waals surface area contributed by atoms with Gasteiger partial charge in [-0.15, -0.1) is 24.8 Å². The molecule has 0 aliphatic rings. The molecule has 0 aliphatic carbocycles. The zero-order valence-electron chi connectivity index (χ0n) is 5.07. The maximum absolute atomic E-state index is 4.69. The fraction of sp³-hybridized carbons (Fsp3) is 1.00. The van der Waals surface area contributed by atoms with Gasteiger partial charge in [-0.25, -0.2) is 11.8 Å². The number of halogens is 2. The summed E-state index contributed by atoms with van der Waals surface area (Å²) >= 11 is 0. The van der Waals surface area contributed by atoms with Gasteiger partial charge in [-0.05, 0) is 6.42 Å². The first-order valence-corrected chi connectivity index (χ1v) is 2.06. The summed E-state index contributed by atoms with van der Waals surface area (Å²) in [6, 6.07) is 0. The quantitative estimate of drug-likeness (QED) is 0.484. The molecular formula is C3H12Cl2N2O2. The Morgan fingerprint density at radius 2 is 1.56 bits per heavy atom. The molecular weight excluding hydrogens is 167 g/mol. The monoisotopic (exact) mass is 178 g/mol. The van der Waals surface area contributed by atoms with E-state index in [4.69, 9.17) is 0 Å². The Morgan fingerprint density at radius 3 is 1.56 bits per heavy atom. The van der Waals surface area contributed by atoms with Crippen molar-refractivity contribution in [1.29, 1.82) is 0 Å². The van der Waals surface area contributed by atoms with Gasteiger partial charge in [0.25, 0.3) is 0 Å². The van der Waals surface area contributed by atoms with Crippen molar-refractivity contribution in [2.24, 2.45) is 11.8 Å². The Bertz CT molecular complexity index is 39.3. The Hall–Kier alpha value is 0.420. The van der Waals surface area contributed by atoms with Crippen molar-refractivity contribution in [2.45, 2.75) is 19.6 Å². The number of hydrogen-bond donors (Lipinski definition) is 2. The molecule has 0 aromatic rings. The summed E-state index contributed by atoms with van der Waals surface area (Å²) in [6.07, 6.45) is 0.201. The Labute approximate surface area is 66.6 Å². The number of rotatable bonds is 3. The highest BCUT2D eigenvalue weighted by atomic mass is 35.5. The van der Waals surface area contributed by atoms with Gasteiger partial charge in [-0.1, -0.05) is 6.92 Å². The lowest BCUT2D eigenvalue weighted by Crippen LogP contribution is -2.22. The summed E-state index contributed by atoms with van der Waals surface area (Å²) in [7, 11) is 0. The summed E-state index contributed by atoms with van der Waals surface area (Å²) in [6.45, 7) is 1.85. The van der Waals surface area contributed by atoms with Crippen molar-refractivity contribution in [2.75, 3.05) is 0 Å². The Morgan fingerprint density at radius 1 is 1.22 bits per heavy atom. The van der Waals surface area contributed by atoms with E-state index in [0.29, 0.717) is 6.42 Å². The summed E-state index contributed by atoms with van der Waals surface area (Å²) < 4.78 is 0. The van der Waals surface area contributed by atoms with Crippen molar-refractivity contribution in [1.82, 2.24) is 0 Å². The lowest BCUT2D eigenvalue weighted by atomic mass is 10.5. The predicted molar refractivity (Wildman–Crippen MR) is 39.1 cm³/mol. The van der Waals surface area contributed by atoms with E-state index in [1.165, 1.54) is 0 Å². The standard InChI is InChI=1S/C3H10N2O2.2ClH/c1-2-3(6-4)7-5;;/h3H,2,4-5H2,1H3;2*1H. The van der Waals surface area contributed by atoms with Gasteiger partial charge < -0.3 is 0 Å². The van der Waals surface area contributed by atoms with E-state index in [1.54, 1.807) is 0 Å². The highest BCUT2D eigenvalue weighted by Crippen LogP contribution is 1.89. The molecule has 0 rings (SSSR count). The minimum atomic E-state index is -0.458. The third-order valence-electron chi connectivity index (χ3n) is 0.637. The molecule has 0 heterocycles. The average molecular weight is 179 g/mol. The van der Waals surface area contributed by atoms with Crippen molar-refractivity contribution in [3.63, 3.8) is 0 Å². The van der Waals surface area contributed by atoms with Crippen LogP contribution >= 0.6 is 24.8 Å². The van der Waals surface area contributed by atoms with Crippen LogP contribution in [0.2, 0.25) is 0 Å². The molecule has 9 heavy (non-hydrogen) atoms. The molecule has 0 saturated carbocycles. The van der Waals surface area contributed by atoms with Crippen LogP contribution in [0.15, 0.2) is 0 Å². The van der Waals surface area contributed by atoms with Gasteiger partial charge in [0, 0.05) is 0 Å². The molecule has 6 heteroatoms. The fourth-order valence-electron chi connectivity index (χ4n) is 0.225. The van der Waals surface area contributed by atoms with Gasteiger partial charge in [-0.3, -0.25) is 9.68 Å². The lowest BCUT2D eigenvalue weighted by molar-refractivity contribution is -0.148. The topological polar surface area (TPSA) is 70.5 Å². The molecule has 0 aromatic carbocycles. The maximum Gasteiger partial charge on any atom is 0.195 e. The van der Waals surface area contributed by atoms with Gasteiger partial charge in [0.15, 0.2) is 6.29 Å². The van der Waals surface area contributed by atoms with Crippen LogP contribution in [0.25, 0.3) is 0 Å². The lowest BCUT2D eigenvalue weighted by Gasteiger charge is -2.06. The molecule has 4 nitrogen and oxygen atoms in total. The van der Waals surface area contributed by atoms with Crippen LogP contribution < -0.4 is 11.8 Å². The smallest absolute Gasteiger partial charge is 0.195 e. The molecule has 4 N–H and O–H groups in total. The molecule has 0 atom stereocenters. The molecule has 0 aromatic heterocycles. The second-order valence-electron chi connectivity index (χ2n) is 1.11. The molecule has 0 bridgehead atoms. The van der Waals surface area contributed by atoms with Gasteiger partial charge in [-0.2, -0.15) is 0 Å². The second kappa shape index (κ2) is 11.2. The van der Waals surface area contributed by atoms with Crippen molar-refractivity contribution >= 4 is 24.8 Å². The summed E-state index contributed by atoms with van der Waals surface area (Å²) in [5.74, 6) is 9.38. The molecule has 0 aliphatic heterocycles. The molecule has 0 fully saturated rings. The number of nitrogens with two attached hydrogens (primary N) is 2. The van der Waals surface area contributed by atoms with Crippen molar-refractivity contribution in [3.05, 3.63) is 0 Å². The molecule has 0 radical (unpaired) electrons. The van der Waals surface area contributed by atoms with Crippen LogP contribution in [0.3, 0.4) is 0 Å². The van der Waals surface area contributed by atoms with Gasteiger partial charge in [0.2, 0.25) is 0 Å². The first-order valence-electron chi connectivity index (χ1n) is 2.06. The number of hydrogen-bond acceptors (Lipinski definition) is 4. The molecule has 0 spiro atoms. The Balaban J connectivity index is -0.000000180. The predicted octanol–water partition coefficient (Wildman–Crippen LogP) is 0.347. The highest BCUT2D eigenvalue weighted by Gasteiger charge is 1.98. The second-order valence-corrected chi connectivity index (χ2v) is 1.11. The van der Waals surface area contributed by atoms with Crippen LogP contribution in [-0.2, 0) is 9.68 Å². The molecule has 0 saturated heterocycles. The van der Waals surface area contributed by atoms with Gasteiger partial charge >= 0.3 is 0 Å². The zero-order chi connectivity index (χ0) is 5.70. The van der Waals surface area contributed by atoms with E-state index < -0.39 is 6.29 Å². The maximum atomic E-state index is 4.69. The van der Waals surface area contributed by atoms with Gasteiger partial charge in [0.05, 0.1) is 0 Å². The third-order valence-corrected chi connectivity index (χ3v) is 0.637. The van der Waals surface area contributed by atoms with Crippen molar-refractivity contribution < 1.29 is 9.68 Å². The Kier molecular flexibility index (Phi) is 20.2. The summed E-state index contributed by atoms with van der Waals surface area (Å²) in [5.41, 5.74) is 0. The normalized spacial score (nSPS) is 8.00. The molecule has 60 valence electrons. The van der Waals surface area contributed by atoms with Crippen molar-refractivity contribution in [3.8, 4) is 0 Å². The van der Waals surface area contributed by atoms with E-state index in [-0.39, 0.29) is 24.8 Å². The van der Waals surface area contributed by atoms with E-state index in [1.807, 2.05) is 6.92 Å². The van der Waals surface area contributed by atoms with Crippen LogP contribution in [-0.4, -0.2) is 6.29 Å². The molecule has 0 unspecified atom stereocenters. The fourth-order valence-corrected chi connectivity index (χ4v) is 0.225. The third kappa shape index (κ3) is 8.42. The average Bonchev–Trinajstić information content (AvgIpc) is 1.72. The van der Waals surface area contributed by atoms with Crippen LogP contribution in [0.5, 0.6) is 0 Å². The minimum Gasteiger partial charge on any atom is -0.271 e. The van der Waals surface area contributed by atoms with Crippen LogP contribution in [0, 0.1) is 0 Å². The van der Waals surface area contributed by atoms with E-state index in [9.17, 15) is 0 Å². The SMILES string of the molecule is CCC(ON)ON.Cl.Cl. The first-order chi connectivity index (χ1) is 3.35. The van der Waals surface area contributed by atoms with Crippen LogP contribution in [0.4, 0.5) is 0 Å². The minimum absolute atomic E-state index is 0. The first kappa shape index (κ1) is 16.2. The van der Waals surface area contributed by atoms with E-state index in [2.05, 4.69) is 21.5 Å². The highest BCUT2D eigenvalue weighted by molar-refractivity contribution is 5.85. The van der Waals surface area contributed by atoms with Crippen LogP contribution in [0.1, 0.15) is 13.3 Å². The summed E-state index contributed by atoms with van der Waals surface area (Å²) in [5, 5.41) is 0.